The molecule has 1 aliphatic rings. The molecule has 0 aliphatic carbocycles. The number of hydrogen-bond donors (Lipinski definition) is 0. The molecule has 2 heteroatoms. The van der Waals surface area contributed by atoms with E-state index in [1.807, 2.05) is 37.3 Å². The van der Waals surface area contributed by atoms with E-state index in [2.05, 4.69) is 25.7 Å². The van der Waals surface area contributed by atoms with Crippen molar-refractivity contribution >= 4 is 0 Å². The van der Waals surface area contributed by atoms with Crippen molar-refractivity contribution in [2.24, 2.45) is 0 Å². The normalized spacial score (nSPS) is 32.6. The molecule has 90 valence electrons. The molecule has 0 aromatic heterocycles. The highest BCUT2D eigenvalue weighted by atomic mass is 16.7. The molecule has 0 spiro atoms. The Hall–Kier alpha value is -1.30. The first kappa shape index (κ1) is 12.2. The van der Waals surface area contributed by atoms with Crippen LogP contribution in [0.4, 0.5) is 0 Å². The van der Waals surface area contributed by atoms with E-state index in [1.54, 1.807) is 0 Å². The summed E-state index contributed by atoms with van der Waals surface area (Å²) in [4.78, 5) is 0. The van der Waals surface area contributed by atoms with Crippen molar-refractivity contribution in [3.05, 3.63) is 35.9 Å². The van der Waals surface area contributed by atoms with Crippen molar-refractivity contribution in [1.82, 2.24) is 0 Å². The van der Waals surface area contributed by atoms with E-state index in [-0.39, 0.29) is 12.2 Å². The standard InChI is InChI=1S/C15H18O2/c1-12-11-13(2)17-15(3,16-12)10-9-14-7-5-4-6-8-14/h4-8,12-13H,11H2,1-3H3/t12-,13-/m1/s1. The molecule has 1 aromatic rings. The molecule has 2 nitrogen and oxygen atoms in total. The minimum Gasteiger partial charge on any atom is -0.337 e. The van der Waals surface area contributed by atoms with Crippen LogP contribution >= 0.6 is 0 Å². The molecule has 1 saturated heterocycles. The maximum atomic E-state index is 5.77. The van der Waals surface area contributed by atoms with Crippen molar-refractivity contribution in [1.29, 1.82) is 0 Å². The van der Waals surface area contributed by atoms with Gasteiger partial charge in [-0.05, 0) is 38.3 Å². The van der Waals surface area contributed by atoms with E-state index in [1.165, 1.54) is 0 Å². The van der Waals surface area contributed by atoms with E-state index >= 15 is 0 Å². The lowest BCUT2D eigenvalue weighted by Gasteiger charge is -2.37. The molecule has 0 bridgehead atoms. The Balaban J connectivity index is 2.14. The van der Waals surface area contributed by atoms with Crippen LogP contribution in [-0.4, -0.2) is 18.0 Å². The van der Waals surface area contributed by atoms with Gasteiger partial charge in [0.2, 0.25) is 5.79 Å². The molecule has 0 saturated carbocycles. The molecule has 0 unspecified atom stereocenters. The Kier molecular flexibility index (Phi) is 3.51. The summed E-state index contributed by atoms with van der Waals surface area (Å²) in [6.07, 6.45) is 1.30. The van der Waals surface area contributed by atoms with Gasteiger partial charge in [0.15, 0.2) is 0 Å². The van der Waals surface area contributed by atoms with Crippen LogP contribution in [0.25, 0.3) is 0 Å². The van der Waals surface area contributed by atoms with Crippen LogP contribution in [0.5, 0.6) is 0 Å². The van der Waals surface area contributed by atoms with Gasteiger partial charge in [0.25, 0.3) is 0 Å². The van der Waals surface area contributed by atoms with Crippen molar-refractivity contribution in [2.75, 3.05) is 0 Å². The monoisotopic (exact) mass is 230 g/mol. The maximum absolute atomic E-state index is 5.77. The highest BCUT2D eigenvalue weighted by Crippen LogP contribution is 2.26. The lowest BCUT2D eigenvalue weighted by molar-refractivity contribution is -0.269. The number of benzene rings is 1. The van der Waals surface area contributed by atoms with Crippen LogP contribution in [-0.2, 0) is 9.47 Å². The van der Waals surface area contributed by atoms with Gasteiger partial charge < -0.3 is 9.47 Å². The summed E-state index contributed by atoms with van der Waals surface area (Å²) < 4.78 is 11.5. The van der Waals surface area contributed by atoms with Crippen LogP contribution in [0, 0.1) is 11.8 Å². The SMILES string of the molecule is C[C@@H]1C[C@@H](C)OC(C)(C#Cc2ccccc2)O1. The first-order valence-corrected chi connectivity index (χ1v) is 6.01. The van der Waals surface area contributed by atoms with Crippen LogP contribution in [0.1, 0.15) is 32.8 Å². The zero-order valence-corrected chi connectivity index (χ0v) is 10.6. The van der Waals surface area contributed by atoms with E-state index in [9.17, 15) is 0 Å². The topological polar surface area (TPSA) is 18.5 Å². The summed E-state index contributed by atoms with van der Waals surface area (Å²) >= 11 is 0. The molecule has 1 fully saturated rings. The summed E-state index contributed by atoms with van der Waals surface area (Å²) in [5.74, 6) is 5.39. The Morgan fingerprint density at radius 2 is 1.71 bits per heavy atom. The molecule has 2 rings (SSSR count). The van der Waals surface area contributed by atoms with Gasteiger partial charge in [-0.25, -0.2) is 0 Å². The van der Waals surface area contributed by atoms with Crippen molar-refractivity contribution in [3.63, 3.8) is 0 Å². The molecular weight excluding hydrogens is 212 g/mol. The fraction of sp³-hybridized carbons (Fsp3) is 0.467. The second kappa shape index (κ2) is 4.91. The average molecular weight is 230 g/mol. The largest absolute Gasteiger partial charge is 0.337 e. The minimum absolute atomic E-state index is 0.189. The number of rotatable bonds is 0. The van der Waals surface area contributed by atoms with Gasteiger partial charge in [0.1, 0.15) is 0 Å². The second-order valence-corrected chi connectivity index (χ2v) is 4.65. The van der Waals surface area contributed by atoms with Gasteiger partial charge in [-0.15, -0.1) is 0 Å². The third kappa shape index (κ3) is 3.33. The molecule has 1 aliphatic heterocycles. The zero-order valence-electron chi connectivity index (χ0n) is 10.6. The number of hydrogen-bond acceptors (Lipinski definition) is 2. The van der Waals surface area contributed by atoms with Gasteiger partial charge in [-0.1, -0.05) is 24.1 Å². The van der Waals surface area contributed by atoms with Crippen LogP contribution in [0.2, 0.25) is 0 Å². The van der Waals surface area contributed by atoms with Gasteiger partial charge in [-0.2, -0.15) is 0 Å². The molecule has 1 aromatic carbocycles. The van der Waals surface area contributed by atoms with Crippen LogP contribution < -0.4 is 0 Å². The van der Waals surface area contributed by atoms with E-state index < -0.39 is 5.79 Å². The highest BCUT2D eigenvalue weighted by molar-refractivity contribution is 5.35. The predicted molar refractivity (Wildman–Crippen MR) is 67.4 cm³/mol. The highest BCUT2D eigenvalue weighted by Gasteiger charge is 2.34. The summed E-state index contributed by atoms with van der Waals surface area (Å²) in [7, 11) is 0. The van der Waals surface area contributed by atoms with E-state index in [4.69, 9.17) is 9.47 Å². The smallest absolute Gasteiger partial charge is 0.231 e. The molecule has 0 N–H and O–H groups in total. The number of ether oxygens (including phenoxy) is 2. The summed E-state index contributed by atoms with van der Waals surface area (Å²) in [6.45, 7) is 6.00. The van der Waals surface area contributed by atoms with Crippen LogP contribution in [0.15, 0.2) is 30.3 Å². The summed E-state index contributed by atoms with van der Waals surface area (Å²) in [5, 5.41) is 0. The third-order valence-electron chi connectivity index (χ3n) is 2.72. The van der Waals surface area contributed by atoms with Gasteiger partial charge in [0.05, 0.1) is 12.2 Å². The van der Waals surface area contributed by atoms with Crippen LogP contribution in [0.3, 0.4) is 0 Å². The Morgan fingerprint density at radius 1 is 1.12 bits per heavy atom. The molecule has 2 atom stereocenters. The van der Waals surface area contributed by atoms with E-state index in [0.29, 0.717) is 0 Å². The first-order chi connectivity index (χ1) is 8.07. The van der Waals surface area contributed by atoms with Crippen molar-refractivity contribution in [3.8, 4) is 11.8 Å². The second-order valence-electron chi connectivity index (χ2n) is 4.65. The quantitative estimate of drug-likeness (QED) is 0.638. The summed E-state index contributed by atoms with van der Waals surface area (Å²) in [5.41, 5.74) is 0.979. The molecule has 17 heavy (non-hydrogen) atoms. The average Bonchev–Trinajstić information content (AvgIpc) is 2.26. The fourth-order valence-corrected chi connectivity index (χ4v) is 2.13. The van der Waals surface area contributed by atoms with Gasteiger partial charge >= 0.3 is 0 Å². The Labute approximate surface area is 103 Å². The first-order valence-electron chi connectivity index (χ1n) is 6.01. The zero-order chi connectivity index (χ0) is 12.3. The van der Waals surface area contributed by atoms with Gasteiger partial charge in [-0.3, -0.25) is 0 Å². The lowest BCUT2D eigenvalue weighted by atomic mass is 10.1. The predicted octanol–water partition coefficient (Wildman–Crippen LogP) is 2.97. The van der Waals surface area contributed by atoms with Crippen molar-refractivity contribution in [2.45, 2.75) is 45.2 Å². The van der Waals surface area contributed by atoms with Gasteiger partial charge in [0, 0.05) is 12.5 Å². The van der Waals surface area contributed by atoms with Crippen molar-refractivity contribution < 1.29 is 9.47 Å². The lowest BCUT2D eigenvalue weighted by Crippen LogP contribution is -2.43. The fourth-order valence-electron chi connectivity index (χ4n) is 2.13. The molecule has 1 heterocycles. The van der Waals surface area contributed by atoms with E-state index in [0.717, 1.165) is 12.0 Å². The molecule has 0 amide bonds. The molecular formula is C15H18O2. The summed E-state index contributed by atoms with van der Waals surface area (Å²) in [6, 6.07) is 9.88. The molecule has 0 radical (unpaired) electrons. The maximum Gasteiger partial charge on any atom is 0.231 e. The minimum atomic E-state index is -0.785. The third-order valence-corrected chi connectivity index (χ3v) is 2.72. The Bertz CT molecular complexity index is 417. The Morgan fingerprint density at radius 3 is 2.29 bits per heavy atom.